The van der Waals surface area contributed by atoms with Crippen LogP contribution in [0.25, 0.3) is 0 Å². The quantitative estimate of drug-likeness (QED) is 0.807. The van der Waals surface area contributed by atoms with Gasteiger partial charge in [0.25, 0.3) is 0 Å². The van der Waals surface area contributed by atoms with Crippen LogP contribution in [-0.2, 0) is 0 Å². The molecule has 1 heterocycles. The van der Waals surface area contributed by atoms with E-state index in [-0.39, 0.29) is 5.82 Å². The summed E-state index contributed by atoms with van der Waals surface area (Å²) in [6.07, 6.45) is 2.26. The van der Waals surface area contributed by atoms with Crippen LogP contribution >= 0.6 is 0 Å². The van der Waals surface area contributed by atoms with E-state index < -0.39 is 0 Å². The highest BCUT2D eigenvalue weighted by molar-refractivity contribution is 5.34. The van der Waals surface area contributed by atoms with Crippen molar-refractivity contribution in [3.63, 3.8) is 0 Å². The highest BCUT2D eigenvalue weighted by Crippen LogP contribution is 2.06. The number of nitrogens with one attached hydrogen (secondary N) is 1. The fourth-order valence-electron chi connectivity index (χ4n) is 1.24. The summed E-state index contributed by atoms with van der Waals surface area (Å²) in [4.78, 5) is 6.08. The Morgan fingerprint density at radius 1 is 1.47 bits per heavy atom. The maximum absolute atomic E-state index is 12.6. The zero-order valence-electron chi connectivity index (χ0n) is 9.50. The highest BCUT2D eigenvalue weighted by Gasteiger charge is 2.03. The molecule has 0 spiro atoms. The van der Waals surface area contributed by atoms with Gasteiger partial charge in [0.2, 0.25) is 0 Å². The lowest BCUT2D eigenvalue weighted by Gasteiger charge is -2.16. The molecule has 1 atom stereocenters. The van der Waals surface area contributed by atoms with E-state index >= 15 is 0 Å². The van der Waals surface area contributed by atoms with Crippen LogP contribution in [0.2, 0.25) is 0 Å². The lowest BCUT2D eigenvalue weighted by atomic mass is 10.2. The van der Waals surface area contributed by atoms with Crippen LogP contribution in [-0.4, -0.2) is 36.6 Å². The maximum Gasteiger partial charge on any atom is 0.141 e. The van der Waals surface area contributed by atoms with Crippen LogP contribution in [0.4, 0.5) is 10.2 Å². The molecule has 84 valence electrons. The molecular weight excluding hydrogens is 193 g/mol. The lowest BCUT2D eigenvalue weighted by molar-refractivity contribution is 0.390. The normalized spacial score (nSPS) is 12.9. The molecule has 1 aromatic rings. The summed E-state index contributed by atoms with van der Waals surface area (Å²) in [7, 11) is 4.09. The first kappa shape index (κ1) is 11.9. The predicted molar refractivity (Wildman–Crippen MR) is 60.5 cm³/mol. The number of aromatic nitrogens is 1. The largest absolute Gasteiger partial charge is 0.368 e. The number of hydrogen-bond donors (Lipinski definition) is 1. The summed E-state index contributed by atoms with van der Waals surface area (Å²) in [6.45, 7) is 3.11. The highest BCUT2D eigenvalue weighted by atomic mass is 19.1. The zero-order valence-corrected chi connectivity index (χ0v) is 9.50. The molecule has 0 aliphatic rings. The number of rotatable bonds is 5. The molecule has 0 fully saturated rings. The SMILES string of the molecule is CC(CCN(C)C)Nc1ccc(F)cn1. The van der Waals surface area contributed by atoms with Gasteiger partial charge >= 0.3 is 0 Å². The average Bonchev–Trinajstić information content (AvgIpc) is 2.19. The summed E-state index contributed by atoms with van der Waals surface area (Å²) < 4.78 is 12.6. The van der Waals surface area contributed by atoms with Crippen molar-refractivity contribution in [2.75, 3.05) is 26.0 Å². The van der Waals surface area contributed by atoms with E-state index in [1.807, 2.05) is 14.1 Å². The Morgan fingerprint density at radius 3 is 2.73 bits per heavy atom. The molecule has 4 heteroatoms. The number of hydrogen-bond acceptors (Lipinski definition) is 3. The third kappa shape index (κ3) is 4.74. The van der Waals surface area contributed by atoms with Crippen molar-refractivity contribution in [1.82, 2.24) is 9.88 Å². The van der Waals surface area contributed by atoms with Gasteiger partial charge in [0.05, 0.1) is 6.20 Å². The third-order valence-corrected chi connectivity index (χ3v) is 2.13. The standard InChI is InChI=1S/C11H18FN3/c1-9(6-7-15(2)3)14-11-5-4-10(12)8-13-11/h4-5,8-9H,6-7H2,1-3H3,(H,13,14). The minimum Gasteiger partial charge on any atom is -0.368 e. The number of nitrogens with zero attached hydrogens (tertiary/aromatic N) is 2. The van der Waals surface area contributed by atoms with Crippen molar-refractivity contribution in [3.8, 4) is 0 Å². The average molecular weight is 211 g/mol. The summed E-state index contributed by atoms with van der Waals surface area (Å²) in [5.41, 5.74) is 0. The van der Waals surface area contributed by atoms with E-state index in [0.29, 0.717) is 6.04 Å². The maximum atomic E-state index is 12.6. The molecule has 0 aromatic carbocycles. The minimum absolute atomic E-state index is 0.304. The molecule has 15 heavy (non-hydrogen) atoms. The summed E-state index contributed by atoms with van der Waals surface area (Å²) in [5.74, 6) is 0.421. The van der Waals surface area contributed by atoms with Gasteiger partial charge in [-0.25, -0.2) is 9.37 Å². The topological polar surface area (TPSA) is 28.2 Å². The van der Waals surface area contributed by atoms with Crippen LogP contribution in [0.3, 0.4) is 0 Å². The Bertz CT molecular complexity index is 284. The Balaban J connectivity index is 2.37. The van der Waals surface area contributed by atoms with Gasteiger partial charge in [-0.3, -0.25) is 0 Å². The van der Waals surface area contributed by atoms with E-state index in [2.05, 4.69) is 22.1 Å². The van der Waals surface area contributed by atoms with E-state index in [1.54, 1.807) is 6.07 Å². The fourth-order valence-corrected chi connectivity index (χ4v) is 1.24. The van der Waals surface area contributed by atoms with E-state index in [0.717, 1.165) is 18.8 Å². The Hall–Kier alpha value is -1.16. The van der Waals surface area contributed by atoms with Gasteiger partial charge in [0.1, 0.15) is 11.6 Å². The first-order valence-corrected chi connectivity index (χ1v) is 5.11. The smallest absolute Gasteiger partial charge is 0.141 e. The van der Waals surface area contributed by atoms with E-state index in [9.17, 15) is 4.39 Å². The minimum atomic E-state index is -0.304. The second-order valence-electron chi connectivity index (χ2n) is 4.00. The van der Waals surface area contributed by atoms with Gasteiger partial charge in [-0.2, -0.15) is 0 Å². The van der Waals surface area contributed by atoms with E-state index in [1.165, 1.54) is 12.3 Å². The number of pyridine rings is 1. The fraction of sp³-hybridized carbons (Fsp3) is 0.545. The second kappa shape index (κ2) is 5.66. The first-order valence-electron chi connectivity index (χ1n) is 5.11. The second-order valence-corrected chi connectivity index (χ2v) is 4.00. The van der Waals surface area contributed by atoms with Crippen molar-refractivity contribution in [3.05, 3.63) is 24.1 Å². The Morgan fingerprint density at radius 2 is 2.20 bits per heavy atom. The van der Waals surface area contributed by atoms with Crippen LogP contribution < -0.4 is 5.32 Å². The Labute approximate surface area is 90.3 Å². The molecule has 3 nitrogen and oxygen atoms in total. The first-order chi connectivity index (χ1) is 7.08. The number of anilines is 1. The van der Waals surface area contributed by atoms with Crippen LogP contribution in [0.5, 0.6) is 0 Å². The van der Waals surface area contributed by atoms with Gasteiger partial charge in [-0.1, -0.05) is 0 Å². The van der Waals surface area contributed by atoms with Crippen LogP contribution in [0.15, 0.2) is 18.3 Å². The van der Waals surface area contributed by atoms with Gasteiger partial charge < -0.3 is 10.2 Å². The van der Waals surface area contributed by atoms with Crippen LogP contribution in [0.1, 0.15) is 13.3 Å². The van der Waals surface area contributed by atoms with Gasteiger partial charge in [-0.15, -0.1) is 0 Å². The van der Waals surface area contributed by atoms with E-state index in [4.69, 9.17) is 0 Å². The van der Waals surface area contributed by atoms with Crippen molar-refractivity contribution in [1.29, 1.82) is 0 Å². The Kier molecular flexibility index (Phi) is 4.49. The number of halogens is 1. The molecule has 1 unspecified atom stereocenters. The molecule has 0 aliphatic heterocycles. The molecule has 0 saturated carbocycles. The molecule has 0 radical (unpaired) electrons. The molecule has 0 aliphatic carbocycles. The van der Waals surface area contributed by atoms with Gasteiger partial charge in [0.15, 0.2) is 0 Å². The van der Waals surface area contributed by atoms with Crippen molar-refractivity contribution < 1.29 is 4.39 Å². The van der Waals surface area contributed by atoms with Crippen LogP contribution in [0, 0.1) is 5.82 Å². The van der Waals surface area contributed by atoms with Crippen molar-refractivity contribution in [2.24, 2.45) is 0 Å². The monoisotopic (exact) mass is 211 g/mol. The summed E-state index contributed by atoms with van der Waals surface area (Å²) in [5, 5.41) is 3.22. The summed E-state index contributed by atoms with van der Waals surface area (Å²) in [6, 6.07) is 3.40. The predicted octanol–water partition coefficient (Wildman–Crippen LogP) is 1.97. The molecule has 0 saturated heterocycles. The van der Waals surface area contributed by atoms with Gasteiger partial charge in [-0.05, 0) is 46.1 Å². The third-order valence-electron chi connectivity index (χ3n) is 2.13. The molecule has 0 amide bonds. The molecule has 1 aromatic heterocycles. The zero-order chi connectivity index (χ0) is 11.3. The van der Waals surface area contributed by atoms with Crippen molar-refractivity contribution in [2.45, 2.75) is 19.4 Å². The molecular formula is C11H18FN3. The van der Waals surface area contributed by atoms with Gasteiger partial charge in [0, 0.05) is 6.04 Å². The lowest BCUT2D eigenvalue weighted by Crippen LogP contribution is -2.23. The summed E-state index contributed by atoms with van der Waals surface area (Å²) >= 11 is 0. The molecule has 1 rings (SSSR count). The molecule has 0 bridgehead atoms. The van der Waals surface area contributed by atoms with Crippen molar-refractivity contribution >= 4 is 5.82 Å². The molecule has 1 N–H and O–H groups in total.